The lowest BCUT2D eigenvalue weighted by molar-refractivity contribution is 1.03. The molecule has 1 heterocycles. The van der Waals surface area contributed by atoms with E-state index in [1.807, 2.05) is 25.1 Å². The maximum absolute atomic E-state index is 5.55. The molecule has 0 radical (unpaired) electrons. The number of hydrogen-bond acceptors (Lipinski definition) is 3. The summed E-state index contributed by atoms with van der Waals surface area (Å²) in [6, 6.07) is 5.80. The van der Waals surface area contributed by atoms with Crippen LogP contribution in [0, 0.1) is 0 Å². The zero-order valence-electron chi connectivity index (χ0n) is 6.23. The Morgan fingerprint density at radius 2 is 2.27 bits per heavy atom. The molecular weight excluding hydrogens is 180 g/mol. The maximum Gasteiger partial charge on any atom is 0.0974 e. The second-order valence-electron chi connectivity index (χ2n) is 1.99. The van der Waals surface area contributed by atoms with Gasteiger partial charge in [-0.3, -0.25) is 0 Å². The Labute approximate surface area is 77.0 Å². The average molecular weight is 191 g/mol. The van der Waals surface area contributed by atoms with E-state index in [0.29, 0.717) is 0 Å². The second kappa shape index (κ2) is 5.41. The van der Waals surface area contributed by atoms with Crippen LogP contribution < -0.4 is 5.73 Å². The molecule has 1 unspecified atom stereocenters. The van der Waals surface area contributed by atoms with Gasteiger partial charge in [-0.2, -0.15) is 0 Å². The minimum atomic E-state index is 0. The Bertz CT molecular complexity index is 191. The van der Waals surface area contributed by atoms with Crippen molar-refractivity contribution in [2.24, 2.45) is 5.73 Å². The summed E-state index contributed by atoms with van der Waals surface area (Å²) < 4.78 is 0. The van der Waals surface area contributed by atoms with E-state index < -0.39 is 0 Å². The number of hydrogen-bond donors (Lipinski definition) is 1. The standard InChI is InChI=1S/C7H10N2S.ClH/c1-6(8)10-7-4-2-3-5-9-7;/h2-6H,8H2,1H3;1H. The smallest absolute Gasteiger partial charge is 0.0974 e. The summed E-state index contributed by atoms with van der Waals surface area (Å²) >= 11 is 1.57. The minimum absolute atomic E-state index is 0. The van der Waals surface area contributed by atoms with Crippen LogP contribution in [0.1, 0.15) is 6.92 Å². The van der Waals surface area contributed by atoms with E-state index >= 15 is 0 Å². The molecule has 0 spiro atoms. The summed E-state index contributed by atoms with van der Waals surface area (Å²) in [7, 11) is 0. The third-order valence-electron chi connectivity index (χ3n) is 0.944. The van der Waals surface area contributed by atoms with Crippen LogP contribution in [0.15, 0.2) is 29.4 Å². The van der Waals surface area contributed by atoms with Crippen LogP contribution in [-0.4, -0.2) is 10.4 Å². The first-order valence-electron chi connectivity index (χ1n) is 3.12. The molecule has 0 bridgehead atoms. The van der Waals surface area contributed by atoms with Gasteiger partial charge in [-0.05, 0) is 19.1 Å². The van der Waals surface area contributed by atoms with Crippen molar-refractivity contribution in [1.29, 1.82) is 0 Å². The molecule has 0 amide bonds. The van der Waals surface area contributed by atoms with Crippen molar-refractivity contribution < 1.29 is 0 Å². The van der Waals surface area contributed by atoms with Crippen LogP contribution in [0.5, 0.6) is 0 Å². The maximum atomic E-state index is 5.55. The lowest BCUT2D eigenvalue weighted by Crippen LogP contribution is -2.08. The number of thioether (sulfide) groups is 1. The van der Waals surface area contributed by atoms with Crippen LogP contribution >= 0.6 is 24.2 Å². The number of aromatic nitrogens is 1. The van der Waals surface area contributed by atoms with Gasteiger partial charge in [0.05, 0.1) is 10.4 Å². The summed E-state index contributed by atoms with van der Waals surface area (Å²) in [4.78, 5) is 4.10. The van der Waals surface area contributed by atoms with Crippen molar-refractivity contribution in [3.05, 3.63) is 24.4 Å². The lowest BCUT2D eigenvalue weighted by atomic mass is 10.5. The molecule has 11 heavy (non-hydrogen) atoms. The van der Waals surface area contributed by atoms with Gasteiger partial charge in [-0.1, -0.05) is 17.8 Å². The van der Waals surface area contributed by atoms with Gasteiger partial charge >= 0.3 is 0 Å². The molecule has 62 valence electrons. The largest absolute Gasteiger partial charge is 0.319 e. The van der Waals surface area contributed by atoms with Gasteiger partial charge in [-0.25, -0.2) is 4.98 Å². The summed E-state index contributed by atoms with van der Waals surface area (Å²) in [5, 5.41) is 1.10. The molecule has 0 aliphatic rings. The van der Waals surface area contributed by atoms with Crippen molar-refractivity contribution >= 4 is 24.2 Å². The highest BCUT2D eigenvalue weighted by atomic mass is 35.5. The van der Waals surface area contributed by atoms with E-state index in [4.69, 9.17) is 5.73 Å². The van der Waals surface area contributed by atoms with E-state index in [9.17, 15) is 0 Å². The molecule has 1 aromatic rings. The van der Waals surface area contributed by atoms with Gasteiger partial charge < -0.3 is 5.73 Å². The molecule has 0 aromatic carbocycles. The Hall–Kier alpha value is -0.250. The van der Waals surface area contributed by atoms with E-state index in [0.717, 1.165) is 5.03 Å². The topological polar surface area (TPSA) is 38.9 Å². The van der Waals surface area contributed by atoms with E-state index in [1.165, 1.54) is 0 Å². The minimum Gasteiger partial charge on any atom is -0.319 e. The Morgan fingerprint density at radius 1 is 1.55 bits per heavy atom. The van der Waals surface area contributed by atoms with Gasteiger partial charge in [0.25, 0.3) is 0 Å². The molecule has 0 saturated heterocycles. The lowest BCUT2D eigenvalue weighted by Gasteiger charge is -2.01. The number of halogens is 1. The first-order valence-corrected chi connectivity index (χ1v) is 4.00. The molecule has 1 atom stereocenters. The third kappa shape index (κ3) is 4.24. The van der Waals surface area contributed by atoms with Crippen molar-refractivity contribution in [2.75, 3.05) is 0 Å². The van der Waals surface area contributed by atoms with E-state index in [1.54, 1.807) is 18.0 Å². The van der Waals surface area contributed by atoms with Gasteiger partial charge in [0.1, 0.15) is 0 Å². The summed E-state index contributed by atoms with van der Waals surface area (Å²) in [6.45, 7) is 1.94. The summed E-state index contributed by atoms with van der Waals surface area (Å²) in [5.74, 6) is 0. The summed E-state index contributed by atoms with van der Waals surface area (Å²) in [5.41, 5.74) is 5.55. The van der Waals surface area contributed by atoms with Crippen molar-refractivity contribution in [3.63, 3.8) is 0 Å². The van der Waals surface area contributed by atoms with Gasteiger partial charge in [0.15, 0.2) is 0 Å². The van der Waals surface area contributed by atoms with Gasteiger partial charge in [0, 0.05) is 6.20 Å². The van der Waals surface area contributed by atoms with Gasteiger partial charge in [0.2, 0.25) is 0 Å². The molecule has 2 N–H and O–H groups in total. The zero-order valence-corrected chi connectivity index (χ0v) is 7.86. The van der Waals surface area contributed by atoms with Crippen LogP contribution in [0.2, 0.25) is 0 Å². The zero-order chi connectivity index (χ0) is 7.40. The molecule has 0 saturated carbocycles. The number of rotatable bonds is 2. The van der Waals surface area contributed by atoms with Crippen LogP contribution in [0.4, 0.5) is 0 Å². The van der Waals surface area contributed by atoms with Gasteiger partial charge in [-0.15, -0.1) is 12.4 Å². The molecule has 0 fully saturated rings. The highest BCUT2D eigenvalue weighted by Gasteiger charge is 1.96. The molecule has 1 rings (SSSR count). The van der Waals surface area contributed by atoms with Crippen molar-refractivity contribution in [1.82, 2.24) is 4.98 Å². The van der Waals surface area contributed by atoms with Crippen molar-refractivity contribution in [3.8, 4) is 0 Å². The van der Waals surface area contributed by atoms with Crippen LogP contribution in [0.25, 0.3) is 0 Å². The molecule has 4 heteroatoms. The normalized spacial score (nSPS) is 11.8. The average Bonchev–Trinajstić information content (AvgIpc) is 1.88. The first-order chi connectivity index (χ1) is 4.79. The number of pyridine rings is 1. The highest BCUT2D eigenvalue weighted by Crippen LogP contribution is 2.15. The molecule has 1 aromatic heterocycles. The monoisotopic (exact) mass is 190 g/mol. The quantitative estimate of drug-likeness (QED) is 0.572. The van der Waals surface area contributed by atoms with E-state index in [2.05, 4.69) is 4.98 Å². The molecular formula is C7H11ClN2S. The van der Waals surface area contributed by atoms with Crippen LogP contribution in [0.3, 0.4) is 0 Å². The molecule has 2 nitrogen and oxygen atoms in total. The van der Waals surface area contributed by atoms with Crippen LogP contribution in [-0.2, 0) is 0 Å². The second-order valence-corrected chi connectivity index (χ2v) is 3.39. The predicted octanol–water partition coefficient (Wildman–Crippen LogP) is 1.90. The molecule has 0 aliphatic heterocycles. The molecule has 0 aliphatic carbocycles. The first kappa shape index (κ1) is 10.8. The Morgan fingerprint density at radius 3 is 2.73 bits per heavy atom. The fourth-order valence-electron chi connectivity index (χ4n) is 0.607. The predicted molar refractivity (Wildman–Crippen MR) is 51.0 cm³/mol. The Kier molecular flexibility index (Phi) is 5.28. The summed E-state index contributed by atoms with van der Waals surface area (Å²) in [6.07, 6.45) is 1.77. The highest BCUT2D eigenvalue weighted by molar-refractivity contribution is 7.99. The fourth-order valence-corrected chi connectivity index (χ4v) is 1.27. The SMILES string of the molecule is CC(N)Sc1ccccn1.Cl. The number of nitrogens with zero attached hydrogens (tertiary/aromatic N) is 1. The third-order valence-corrected chi connectivity index (χ3v) is 1.80. The fraction of sp³-hybridized carbons (Fsp3) is 0.286. The Balaban J connectivity index is 0.000001000. The number of nitrogens with two attached hydrogens (primary N) is 1. The van der Waals surface area contributed by atoms with Crippen molar-refractivity contribution in [2.45, 2.75) is 17.3 Å². The van der Waals surface area contributed by atoms with E-state index in [-0.39, 0.29) is 17.8 Å².